The van der Waals surface area contributed by atoms with Crippen LogP contribution in [0.3, 0.4) is 0 Å². The highest BCUT2D eigenvalue weighted by atomic mass is 19.3. The average molecular weight is 452 g/mol. The Labute approximate surface area is 185 Å². The Morgan fingerprint density at radius 3 is 2.25 bits per heavy atom. The van der Waals surface area contributed by atoms with Crippen molar-refractivity contribution in [2.45, 2.75) is 57.8 Å². The smallest absolute Gasteiger partial charge is 0.387 e. The van der Waals surface area contributed by atoms with Gasteiger partial charge in [-0.1, -0.05) is 25.1 Å². The van der Waals surface area contributed by atoms with Crippen LogP contribution in [0.1, 0.15) is 50.5 Å². The molecule has 32 heavy (non-hydrogen) atoms. The maximum Gasteiger partial charge on any atom is 0.387 e. The summed E-state index contributed by atoms with van der Waals surface area (Å²) >= 11 is 0. The second-order valence-corrected chi connectivity index (χ2v) is 8.68. The van der Waals surface area contributed by atoms with Crippen molar-refractivity contribution >= 4 is 0 Å². The van der Waals surface area contributed by atoms with E-state index in [0.717, 1.165) is 63.0 Å². The van der Waals surface area contributed by atoms with Crippen LogP contribution >= 0.6 is 0 Å². The van der Waals surface area contributed by atoms with Crippen molar-refractivity contribution in [2.75, 3.05) is 13.2 Å². The lowest BCUT2D eigenvalue weighted by molar-refractivity contribution is -0.228. The number of halogens is 4. The predicted molar refractivity (Wildman–Crippen MR) is 113 cm³/mol. The van der Waals surface area contributed by atoms with Crippen LogP contribution in [-0.4, -0.2) is 26.1 Å². The third-order valence-corrected chi connectivity index (χ3v) is 6.65. The Kier molecular flexibility index (Phi) is 7.36. The first-order valence-electron chi connectivity index (χ1n) is 11.2. The zero-order valence-corrected chi connectivity index (χ0v) is 18.0. The molecular formula is C25H28F4O3. The molecule has 1 aliphatic heterocycles. The van der Waals surface area contributed by atoms with Crippen LogP contribution in [0.4, 0.5) is 17.6 Å². The van der Waals surface area contributed by atoms with Gasteiger partial charge in [-0.25, -0.2) is 8.78 Å². The van der Waals surface area contributed by atoms with Crippen LogP contribution in [0, 0.1) is 23.5 Å². The molecule has 1 aliphatic carbocycles. The van der Waals surface area contributed by atoms with Crippen LogP contribution < -0.4 is 4.74 Å². The van der Waals surface area contributed by atoms with Crippen molar-refractivity contribution in [3.05, 3.63) is 53.6 Å². The average Bonchev–Trinajstić information content (AvgIpc) is 2.80. The molecular weight excluding hydrogens is 424 g/mol. The highest BCUT2D eigenvalue weighted by Gasteiger charge is 2.32. The minimum absolute atomic E-state index is 0.134. The van der Waals surface area contributed by atoms with E-state index < -0.39 is 24.0 Å². The number of alkyl halides is 2. The third-order valence-electron chi connectivity index (χ3n) is 6.65. The van der Waals surface area contributed by atoms with Gasteiger partial charge in [0.2, 0.25) is 0 Å². The van der Waals surface area contributed by atoms with Crippen molar-refractivity contribution < 1.29 is 31.8 Å². The second kappa shape index (κ2) is 10.2. The maximum absolute atomic E-state index is 14.9. The molecule has 1 saturated heterocycles. The predicted octanol–water partition coefficient (Wildman–Crippen LogP) is 6.91. The molecule has 0 radical (unpaired) electrons. The maximum atomic E-state index is 14.9. The molecule has 3 nitrogen and oxygen atoms in total. The normalized spacial score (nSPS) is 26.3. The van der Waals surface area contributed by atoms with Gasteiger partial charge >= 0.3 is 6.61 Å². The van der Waals surface area contributed by atoms with E-state index in [1.165, 1.54) is 12.1 Å². The van der Waals surface area contributed by atoms with Gasteiger partial charge in [-0.15, -0.1) is 0 Å². The summed E-state index contributed by atoms with van der Waals surface area (Å²) in [6, 6.07) is 8.46. The SMILES string of the molecule is CCC1COC(C2CCC(c3ccc(-c4ccc(OC(F)F)c(F)c4)c(F)c3)CC2)OC1. The molecule has 0 aromatic heterocycles. The van der Waals surface area contributed by atoms with Crippen LogP contribution in [0.15, 0.2) is 36.4 Å². The summed E-state index contributed by atoms with van der Waals surface area (Å²) < 4.78 is 69.5. The van der Waals surface area contributed by atoms with E-state index in [4.69, 9.17) is 9.47 Å². The fraction of sp³-hybridized carbons (Fsp3) is 0.520. The lowest BCUT2D eigenvalue weighted by Gasteiger charge is -2.37. The number of rotatable bonds is 6. The number of ether oxygens (including phenoxy) is 3. The van der Waals surface area contributed by atoms with Gasteiger partial charge in [0.15, 0.2) is 17.9 Å². The quantitative estimate of drug-likeness (QED) is 0.446. The van der Waals surface area contributed by atoms with E-state index in [2.05, 4.69) is 11.7 Å². The molecule has 0 spiro atoms. The number of hydrogen-bond acceptors (Lipinski definition) is 3. The van der Waals surface area contributed by atoms with Gasteiger partial charge in [0.1, 0.15) is 5.82 Å². The standard InChI is InChI=1S/C25H28F4O3/c1-2-15-13-30-24(31-14-15)17-5-3-16(4-6-17)18-7-9-20(21(26)11-18)19-8-10-23(22(27)12-19)32-25(28)29/h7-12,15-17,24-25H,2-6,13-14H2,1H3. The largest absolute Gasteiger partial charge is 0.432 e. The van der Waals surface area contributed by atoms with Gasteiger partial charge in [0.05, 0.1) is 13.2 Å². The van der Waals surface area contributed by atoms with Crippen LogP contribution in [-0.2, 0) is 9.47 Å². The first-order valence-corrected chi connectivity index (χ1v) is 11.2. The van der Waals surface area contributed by atoms with E-state index in [9.17, 15) is 17.6 Å². The van der Waals surface area contributed by atoms with Crippen molar-refractivity contribution in [1.82, 2.24) is 0 Å². The van der Waals surface area contributed by atoms with Crippen molar-refractivity contribution in [1.29, 1.82) is 0 Å². The van der Waals surface area contributed by atoms with E-state index in [1.54, 1.807) is 6.07 Å². The molecule has 2 aromatic rings. The summed E-state index contributed by atoms with van der Waals surface area (Å²) in [5.41, 5.74) is 1.41. The summed E-state index contributed by atoms with van der Waals surface area (Å²) in [5.74, 6) is -0.886. The van der Waals surface area contributed by atoms with E-state index in [1.807, 2.05) is 6.07 Å². The first-order chi connectivity index (χ1) is 15.4. The third kappa shape index (κ3) is 5.26. The molecule has 0 N–H and O–H groups in total. The molecule has 1 saturated carbocycles. The van der Waals surface area contributed by atoms with Gasteiger partial charge < -0.3 is 14.2 Å². The Bertz CT molecular complexity index is 904. The van der Waals surface area contributed by atoms with Gasteiger partial charge in [-0.05, 0) is 67.3 Å². The Balaban J connectivity index is 1.38. The highest BCUT2D eigenvalue weighted by molar-refractivity contribution is 5.65. The second-order valence-electron chi connectivity index (χ2n) is 8.68. The van der Waals surface area contributed by atoms with E-state index >= 15 is 0 Å². The monoisotopic (exact) mass is 452 g/mol. The molecule has 2 fully saturated rings. The molecule has 0 unspecified atom stereocenters. The fourth-order valence-corrected chi connectivity index (χ4v) is 4.67. The van der Waals surface area contributed by atoms with Gasteiger partial charge in [-0.2, -0.15) is 8.78 Å². The molecule has 2 aromatic carbocycles. The molecule has 1 heterocycles. The summed E-state index contributed by atoms with van der Waals surface area (Å²) in [6.07, 6.45) is 4.71. The van der Waals surface area contributed by atoms with Gasteiger partial charge in [-0.3, -0.25) is 0 Å². The molecule has 0 atom stereocenters. The van der Waals surface area contributed by atoms with Crippen LogP contribution in [0.25, 0.3) is 11.1 Å². The zero-order valence-electron chi connectivity index (χ0n) is 18.0. The topological polar surface area (TPSA) is 27.7 Å². The van der Waals surface area contributed by atoms with Crippen LogP contribution in [0.5, 0.6) is 5.75 Å². The van der Waals surface area contributed by atoms with E-state index in [-0.39, 0.29) is 23.3 Å². The summed E-state index contributed by atoms with van der Waals surface area (Å²) in [4.78, 5) is 0. The Morgan fingerprint density at radius 1 is 0.938 bits per heavy atom. The summed E-state index contributed by atoms with van der Waals surface area (Å²) in [6.45, 7) is 0.527. The minimum atomic E-state index is -3.12. The molecule has 174 valence electrons. The molecule has 2 aliphatic rings. The van der Waals surface area contributed by atoms with E-state index in [0.29, 0.717) is 11.8 Å². The Morgan fingerprint density at radius 2 is 1.66 bits per heavy atom. The summed E-state index contributed by atoms with van der Waals surface area (Å²) in [7, 11) is 0. The molecule has 7 heteroatoms. The minimum Gasteiger partial charge on any atom is -0.432 e. The first kappa shape index (κ1) is 23.1. The lowest BCUT2D eigenvalue weighted by Crippen LogP contribution is -2.38. The molecule has 4 rings (SSSR count). The highest BCUT2D eigenvalue weighted by Crippen LogP contribution is 2.40. The van der Waals surface area contributed by atoms with Gasteiger partial charge in [0, 0.05) is 17.4 Å². The lowest BCUT2D eigenvalue weighted by atomic mass is 9.78. The Hall–Kier alpha value is -2.12. The van der Waals surface area contributed by atoms with Crippen molar-refractivity contribution in [2.24, 2.45) is 11.8 Å². The summed E-state index contributed by atoms with van der Waals surface area (Å²) in [5, 5.41) is 0. The van der Waals surface area contributed by atoms with Crippen molar-refractivity contribution in [3.63, 3.8) is 0 Å². The van der Waals surface area contributed by atoms with Gasteiger partial charge in [0.25, 0.3) is 0 Å². The molecule has 0 bridgehead atoms. The van der Waals surface area contributed by atoms with Crippen molar-refractivity contribution in [3.8, 4) is 16.9 Å². The molecule has 0 amide bonds. The fourth-order valence-electron chi connectivity index (χ4n) is 4.67. The zero-order chi connectivity index (χ0) is 22.7. The number of hydrogen-bond donors (Lipinski definition) is 0. The number of benzene rings is 2. The van der Waals surface area contributed by atoms with Crippen LogP contribution in [0.2, 0.25) is 0 Å².